The molecular weight excluding hydrogens is 306 g/mol. The topological polar surface area (TPSA) is 74.6 Å². The summed E-state index contributed by atoms with van der Waals surface area (Å²) in [6.07, 6.45) is 1.90. The van der Waals surface area contributed by atoms with E-state index in [0.717, 1.165) is 18.7 Å². The first kappa shape index (κ1) is 16.3. The summed E-state index contributed by atoms with van der Waals surface area (Å²) in [5.74, 6) is -0.217. The molecule has 6 heteroatoms. The molecular formula is C18H21N3O3. The number of benzene rings is 1. The van der Waals surface area contributed by atoms with Gasteiger partial charge in [-0.2, -0.15) is 0 Å². The molecule has 6 nitrogen and oxygen atoms in total. The van der Waals surface area contributed by atoms with Crippen LogP contribution in [0.1, 0.15) is 16.1 Å². The lowest BCUT2D eigenvalue weighted by Crippen LogP contribution is -2.54. The maximum absolute atomic E-state index is 12.9. The van der Waals surface area contributed by atoms with Gasteiger partial charge in [-0.05, 0) is 17.7 Å². The summed E-state index contributed by atoms with van der Waals surface area (Å²) < 4.78 is 5.12. The number of hydrogen-bond acceptors (Lipinski definition) is 4. The molecule has 0 aliphatic carbocycles. The zero-order valence-corrected chi connectivity index (χ0v) is 13.4. The standard InChI is InChI=1S/C18H21N3O3/c22-17(16-7-4-12-24-16)20-15(13-14-5-2-1-3-6-14)18(23)21-10-8-19-9-11-21/h1-7,12,15,19H,8-11,13H2,(H,20,22). The number of carbonyl (C=O) groups is 2. The van der Waals surface area contributed by atoms with Crippen molar-refractivity contribution < 1.29 is 14.0 Å². The molecule has 2 N–H and O–H groups in total. The molecule has 2 amide bonds. The van der Waals surface area contributed by atoms with Crippen molar-refractivity contribution in [2.45, 2.75) is 12.5 Å². The molecule has 1 aliphatic rings. The Kier molecular flexibility index (Phi) is 5.28. The third-order valence-electron chi connectivity index (χ3n) is 4.06. The van der Waals surface area contributed by atoms with E-state index < -0.39 is 6.04 Å². The van der Waals surface area contributed by atoms with Gasteiger partial charge >= 0.3 is 0 Å². The summed E-state index contributed by atoms with van der Waals surface area (Å²) in [6, 6.07) is 12.3. The van der Waals surface area contributed by atoms with Gasteiger partial charge in [0.05, 0.1) is 6.26 Å². The molecule has 1 aromatic carbocycles. The van der Waals surface area contributed by atoms with E-state index in [0.29, 0.717) is 19.5 Å². The quantitative estimate of drug-likeness (QED) is 0.861. The van der Waals surface area contributed by atoms with Gasteiger partial charge in [0.1, 0.15) is 6.04 Å². The second-order valence-electron chi connectivity index (χ2n) is 5.77. The monoisotopic (exact) mass is 327 g/mol. The second-order valence-corrected chi connectivity index (χ2v) is 5.77. The van der Waals surface area contributed by atoms with E-state index in [9.17, 15) is 9.59 Å². The fourth-order valence-electron chi connectivity index (χ4n) is 2.79. The Hall–Kier alpha value is -2.60. The van der Waals surface area contributed by atoms with Crippen molar-refractivity contribution in [3.63, 3.8) is 0 Å². The van der Waals surface area contributed by atoms with Crippen LogP contribution in [0, 0.1) is 0 Å². The minimum absolute atomic E-state index is 0.0553. The molecule has 1 saturated heterocycles. The molecule has 0 radical (unpaired) electrons. The summed E-state index contributed by atoms with van der Waals surface area (Å²) in [4.78, 5) is 27.0. The lowest BCUT2D eigenvalue weighted by molar-refractivity contribution is -0.133. The minimum atomic E-state index is -0.608. The van der Waals surface area contributed by atoms with Gasteiger partial charge in [-0.15, -0.1) is 0 Å². The van der Waals surface area contributed by atoms with Gasteiger partial charge < -0.3 is 20.0 Å². The molecule has 1 fully saturated rings. The summed E-state index contributed by atoms with van der Waals surface area (Å²) in [5.41, 5.74) is 1.01. The molecule has 0 spiro atoms. The predicted octanol–water partition coefficient (Wildman–Crippen LogP) is 1.05. The highest BCUT2D eigenvalue weighted by atomic mass is 16.3. The SMILES string of the molecule is O=C(NC(Cc1ccccc1)C(=O)N1CCNCC1)c1ccco1. The smallest absolute Gasteiger partial charge is 0.287 e. The van der Waals surface area contributed by atoms with E-state index in [-0.39, 0.29) is 17.6 Å². The Labute approximate surface area is 140 Å². The van der Waals surface area contributed by atoms with Gasteiger partial charge in [0.2, 0.25) is 5.91 Å². The van der Waals surface area contributed by atoms with Gasteiger partial charge in [0.15, 0.2) is 5.76 Å². The van der Waals surface area contributed by atoms with Crippen LogP contribution in [0.5, 0.6) is 0 Å². The Morgan fingerprint density at radius 2 is 1.88 bits per heavy atom. The summed E-state index contributed by atoms with van der Waals surface area (Å²) in [5, 5.41) is 6.05. The molecule has 1 unspecified atom stereocenters. The van der Waals surface area contributed by atoms with E-state index in [2.05, 4.69) is 10.6 Å². The fraction of sp³-hybridized carbons (Fsp3) is 0.333. The fourth-order valence-corrected chi connectivity index (χ4v) is 2.79. The van der Waals surface area contributed by atoms with Gasteiger partial charge in [-0.3, -0.25) is 9.59 Å². The van der Waals surface area contributed by atoms with E-state index in [1.807, 2.05) is 30.3 Å². The van der Waals surface area contributed by atoms with Gasteiger partial charge in [-0.25, -0.2) is 0 Å². The highest BCUT2D eigenvalue weighted by Gasteiger charge is 2.28. The van der Waals surface area contributed by atoms with Gasteiger partial charge in [0, 0.05) is 32.6 Å². The van der Waals surface area contributed by atoms with Crippen molar-refractivity contribution in [2.75, 3.05) is 26.2 Å². The molecule has 2 heterocycles. The first-order valence-electron chi connectivity index (χ1n) is 8.12. The molecule has 1 aliphatic heterocycles. The molecule has 1 aromatic heterocycles. The highest BCUT2D eigenvalue weighted by Crippen LogP contribution is 2.09. The summed E-state index contributed by atoms with van der Waals surface area (Å²) in [7, 11) is 0. The van der Waals surface area contributed by atoms with Crippen LogP contribution in [0.4, 0.5) is 0 Å². The van der Waals surface area contributed by atoms with Crippen LogP contribution in [0.25, 0.3) is 0 Å². The van der Waals surface area contributed by atoms with Crippen molar-refractivity contribution >= 4 is 11.8 Å². The molecule has 24 heavy (non-hydrogen) atoms. The van der Waals surface area contributed by atoms with Crippen molar-refractivity contribution in [3.8, 4) is 0 Å². The van der Waals surface area contributed by atoms with Crippen molar-refractivity contribution in [1.29, 1.82) is 0 Å². The molecule has 0 saturated carbocycles. The summed E-state index contributed by atoms with van der Waals surface area (Å²) >= 11 is 0. The van der Waals surface area contributed by atoms with Crippen LogP contribution in [-0.4, -0.2) is 48.9 Å². The van der Waals surface area contributed by atoms with Gasteiger partial charge in [-0.1, -0.05) is 30.3 Å². The number of nitrogens with one attached hydrogen (secondary N) is 2. The lowest BCUT2D eigenvalue weighted by Gasteiger charge is -2.31. The van der Waals surface area contributed by atoms with Crippen LogP contribution in [0.3, 0.4) is 0 Å². The van der Waals surface area contributed by atoms with E-state index in [4.69, 9.17) is 4.42 Å². The second kappa shape index (κ2) is 7.79. The Morgan fingerprint density at radius 3 is 2.54 bits per heavy atom. The number of rotatable bonds is 5. The average molecular weight is 327 g/mol. The first-order chi connectivity index (χ1) is 11.7. The Morgan fingerprint density at radius 1 is 1.12 bits per heavy atom. The summed E-state index contributed by atoms with van der Waals surface area (Å²) in [6.45, 7) is 2.85. The number of carbonyl (C=O) groups excluding carboxylic acids is 2. The third kappa shape index (κ3) is 4.02. The molecule has 0 bridgehead atoms. The van der Waals surface area contributed by atoms with Crippen LogP contribution in [0.2, 0.25) is 0 Å². The lowest BCUT2D eigenvalue weighted by atomic mass is 10.0. The molecule has 3 rings (SSSR count). The Bertz CT molecular complexity index is 664. The highest BCUT2D eigenvalue weighted by molar-refractivity contribution is 5.95. The number of furan rings is 1. The number of nitrogens with zero attached hydrogens (tertiary/aromatic N) is 1. The van der Waals surface area contributed by atoms with Crippen LogP contribution < -0.4 is 10.6 Å². The van der Waals surface area contributed by atoms with Crippen LogP contribution in [0.15, 0.2) is 53.1 Å². The predicted molar refractivity (Wildman–Crippen MR) is 89.6 cm³/mol. The maximum Gasteiger partial charge on any atom is 0.287 e. The van der Waals surface area contributed by atoms with Crippen molar-refractivity contribution in [2.24, 2.45) is 0 Å². The number of hydrogen-bond donors (Lipinski definition) is 2. The average Bonchev–Trinajstić information content (AvgIpc) is 3.17. The van der Waals surface area contributed by atoms with Crippen LogP contribution in [-0.2, 0) is 11.2 Å². The largest absolute Gasteiger partial charge is 0.459 e. The maximum atomic E-state index is 12.9. The number of piperazine rings is 1. The van der Waals surface area contributed by atoms with Crippen molar-refractivity contribution in [3.05, 3.63) is 60.1 Å². The first-order valence-corrected chi connectivity index (χ1v) is 8.12. The Balaban J connectivity index is 1.74. The third-order valence-corrected chi connectivity index (χ3v) is 4.06. The minimum Gasteiger partial charge on any atom is -0.459 e. The molecule has 2 aromatic rings. The molecule has 1 atom stereocenters. The van der Waals surface area contributed by atoms with Gasteiger partial charge in [0.25, 0.3) is 5.91 Å². The number of amides is 2. The zero-order valence-electron chi connectivity index (χ0n) is 13.4. The van der Waals surface area contributed by atoms with E-state index in [1.54, 1.807) is 17.0 Å². The zero-order chi connectivity index (χ0) is 16.8. The normalized spacial score (nSPS) is 15.8. The van der Waals surface area contributed by atoms with E-state index >= 15 is 0 Å². The van der Waals surface area contributed by atoms with Crippen molar-refractivity contribution in [1.82, 2.24) is 15.5 Å². The molecule has 126 valence electrons. The van der Waals surface area contributed by atoms with Crippen LogP contribution >= 0.6 is 0 Å². The van der Waals surface area contributed by atoms with E-state index in [1.165, 1.54) is 6.26 Å².